The van der Waals surface area contributed by atoms with Crippen molar-refractivity contribution in [2.45, 2.75) is 117 Å². The van der Waals surface area contributed by atoms with E-state index < -0.39 is 58.6 Å². The molecule has 50 heavy (non-hydrogen) atoms. The van der Waals surface area contributed by atoms with Crippen LogP contribution in [-0.4, -0.2) is 71.6 Å². The molecule has 4 fully saturated rings. The van der Waals surface area contributed by atoms with E-state index in [0.717, 1.165) is 37.7 Å². The highest BCUT2D eigenvalue weighted by Crippen LogP contribution is 2.65. The molecule has 0 spiro atoms. The van der Waals surface area contributed by atoms with Crippen molar-refractivity contribution < 1.29 is 38.2 Å². The predicted octanol–water partition coefficient (Wildman–Crippen LogP) is 4.07. The van der Waals surface area contributed by atoms with Gasteiger partial charge in [0.2, 0.25) is 11.7 Å². The molecule has 0 bridgehead atoms. The summed E-state index contributed by atoms with van der Waals surface area (Å²) in [5.41, 5.74) is 3.96. The Kier molecular flexibility index (Phi) is 10.7. The number of benzene rings is 1. The molecule has 1 saturated heterocycles. The maximum atomic E-state index is 14.4. The highest BCUT2D eigenvalue weighted by molar-refractivity contribution is 6.36. The maximum Gasteiger partial charge on any atom is 0.332 e. The molecule has 12 nitrogen and oxygen atoms in total. The normalized spacial score (nSPS) is 24.6. The molecule has 1 aliphatic heterocycles. The Labute approximate surface area is 294 Å². The zero-order valence-electron chi connectivity index (χ0n) is 30.3. The monoisotopic (exact) mass is 694 g/mol. The van der Waals surface area contributed by atoms with E-state index in [2.05, 4.69) is 24.5 Å². The molecule has 0 radical (unpaired) electrons. The summed E-state index contributed by atoms with van der Waals surface area (Å²) in [5, 5.41) is 5.78. The van der Waals surface area contributed by atoms with Crippen LogP contribution in [0.3, 0.4) is 0 Å². The Morgan fingerprint density at radius 1 is 1.00 bits per heavy atom. The third-order valence-corrected chi connectivity index (χ3v) is 11.6. The number of ether oxygens (including phenoxy) is 2. The number of amides is 4. The fourth-order valence-electron chi connectivity index (χ4n) is 8.23. The Bertz CT molecular complexity index is 1490. The number of nitrogens with zero attached hydrogens (tertiary/aromatic N) is 1. The van der Waals surface area contributed by atoms with E-state index in [9.17, 15) is 28.8 Å². The molecule has 4 amide bonds. The number of ketones is 2. The van der Waals surface area contributed by atoms with Gasteiger partial charge in [0, 0.05) is 18.9 Å². The maximum absolute atomic E-state index is 14.4. The van der Waals surface area contributed by atoms with Gasteiger partial charge in [-0.1, -0.05) is 78.9 Å². The Hall–Kier alpha value is -3.96. The molecule has 3 aliphatic carbocycles. The number of primary amides is 1. The number of piperidine rings is 1. The second-order valence-corrected chi connectivity index (χ2v) is 16.6. The quantitative estimate of drug-likeness (QED) is 0.193. The molecule has 1 heterocycles. The van der Waals surface area contributed by atoms with Crippen molar-refractivity contribution in [3.8, 4) is 5.75 Å². The van der Waals surface area contributed by atoms with Gasteiger partial charge in [0.1, 0.15) is 23.9 Å². The number of hydrogen-bond donors (Lipinski definition) is 3. The van der Waals surface area contributed by atoms with E-state index in [-0.39, 0.29) is 36.1 Å². The Morgan fingerprint density at radius 3 is 2.20 bits per heavy atom. The number of esters is 1. The Balaban J connectivity index is 1.30. The highest BCUT2D eigenvalue weighted by atomic mass is 16.5. The fraction of sp³-hybridized carbons (Fsp3) is 0.684. The molecular formula is C38H54N4O8. The first-order valence-corrected chi connectivity index (χ1v) is 18.0. The van der Waals surface area contributed by atoms with Crippen molar-refractivity contribution in [1.29, 1.82) is 0 Å². The van der Waals surface area contributed by atoms with E-state index in [1.54, 1.807) is 24.1 Å². The van der Waals surface area contributed by atoms with E-state index in [1.165, 1.54) is 0 Å². The standard InChI is InChI=1S/C38H54N4O8/c1-36(2,3)31(40-35(48)41-38(16-8-7-9-17-38)34(47)50-21-23-12-14-25(49-6)15-13-23)33(46)42-20-26-28(37(26,4)5)29(42)27(43)19-24(18-22-10-11-22)30(44)32(39)45/h12-15,22,24,26,28-29,31H,7-11,16-21H2,1-6H3,(H2,39,45)(H2,40,41,48)/t24?,26-,28-,29+,31+/m0/s1. The van der Waals surface area contributed by atoms with Crippen LogP contribution in [0.15, 0.2) is 24.3 Å². The lowest BCUT2D eigenvalue weighted by molar-refractivity contribution is -0.154. The number of carbonyl (C=O) groups is 6. The van der Waals surface area contributed by atoms with Gasteiger partial charge in [0.25, 0.3) is 5.91 Å². The minimum Gasteiger partial charge on any atom is -0.497 e. The number of fused-ring (bicyclic) bond motifs is 1. The van der Waals surface area contributed by atoms with Gasteiger partial charge in [-0.05, 0) is 65.5 Å². The number of nitrogens with two attached hydrogens (primary N) is 1. The van der Waals surface area contributed by atoms with E-state index in [4.69, 9.17) is 15.2 Å². The molecule has 1 aromatic rings. The van der Waals surface area contributed by atoms with Gasteiger partial charge in [-0.3, -0.25) is 19.2 Å². The van der Waals surface area contributed by atoms with Crippen LogP contribution < -0.4 is 21.1 Å². The summed E-state index contributed by atoms with van der Waals surface area (Å²) in [6.45, 7) is 10.0. The van der Waals surface area contributed by atoms with Crippen LogP contribution in [0.2, 0.25) is 0 Å². The third kappa shape index (κ3) is 7.99. The lowest BCUT2D eigenvalue weighted by Gasteiger charge is -2.39. The fourth-order valence-corrected chi connectivity index (χ4v) is 8.23. The second kappa shape index (κ2) is 14.3. The average molecular weight is 695 g/mol. The molecule has 4 N–H and O–H groups in total. The largest absolute Gasteiger partial charge is 0.497 e. The molecular weight excluding hydrogens is 640 g/mol. The molecule has 3 saturated carbocycles. The number of hydrogen-bond acceptors (Lipinski definition) is 8. The lowest BCUT2D eigenvalue weighted by Crippen LogP contribution is -2.63. The summed E-state index contributed by atoms with van der Waals surface area (Å²) >= 11 is 0. The minimum absolute atomic E-state index is 0.0343. The predicted molar refractivity (Wildman–Crippen MR) is 184 cm³/mol. The number of Topliss-reactive ketones (excluding diaryl/α,β-unsaturated/α-hetero) is 2. The number of likely N-dealkylation sites (tertiary alicyclic amines) is 1. The number of urea groups is 1. The summed E-state index contributed by atoms with van der Waals surface area (Å²) in [7, 11) is 1.57. The number of rotatable bonds is 14. The zero-order chi connectivity index (χ0) is 36.6. The molecule has 1 unspecified atom stereocenters. The van der Waals surface area contributed by atoms with Gasteiger partial charge >= 0.3 is 12.0 Å². The van der Waals surface area contributed by atoms with E-state index in [1.807, 2.05) is 32.9 Å². The van der Waals surface area contributed by atoms with Crippen LogP contribution in [0, 0.1) is 34.5 Å². The number of methoxy groups -OCH3 is 1. The van der Waals surface area contributed by atoms with Gasteiger partial charge in [-0.2, -0.15) is 0 Å². The summed E-state index contributed by atoms with van der Waals surface area (Å²) in [4.78, 5) is 82.0. The Morgan fingerprint density at radius 2 is 1.64 bits per heavy atom. The SMILES string of the molecule is COc1ccc(COC(=O)C2(NC(=O)N[C@H](C(=O)N3C[C@H]4[C@@H]([C@H]3C(=O)CC(CC3CC3)C(=O)C(N)=O)C4(C)C)C(C)(C)C)CCCCC2)cc1. The van der Waals surface area contributed by atoms with Crippen molar-refractivity contribution in [3.05, 3.63) is 29.8 Å². The van der Waals surface area contributed by atoms with Crippen molar-refractivity contribution in [1.82, 2.24) is 15.5 Å². The summed E-state index contributed by atoms with van der Waals surface area (Å²) in [5.74, 6) is -2.78. The number of nitrogens with one attached hydrogen (secondary N) is 2. The second-order valence-electron chi connectivity index (χ2n) is 16.6. The van der Waals surface area contributed by atoms with Gasteiger partial charge in [0.15, 0.2) is 5.78 Å². The van der Waals surface area contributed by atoms with Crippen LogP contribution in [-0.2, 0) is 35.3 Å². The molecule has 4 aliphatic rings. The van der Waals surface area contributed by atoms with Crippen molar-refractivity contribution >= 4 is 35.4 Å². The van der Waals surface area contributed by atoms with Crippen LogP contribution in [0.25, 0.3) is 0 Å². The zero-order valence-corrected chi connectivity index (χ0v) is 30.3. The first kappa shape index (κ1) is 37.3. The van der Waals surface area contributed by atoms with E-state index >= 15 is 0 Å². The number of carbonyl (C=O) groups excluding carboxylic acids is 6. The molecule has 274 valence electrons. The topological polar surface area (TPSA) is 174 Å². The molecule has 5 rings (SSSR count). The minimum atomic E-state index is -1.25. The first-order chi connectivity index (χ1) is 23.5. The smallest absolute Gasteiger partial charge is 0.332 e. The van der Waals surface area contributed by atoms with Gasteiger partial charge in [-0.15, -0.1) is 0 Å². The van der Waals surface area contributed by atoms with E-state index in [0.29, 0.717) is 37.5 Å². The summed E-state index contributed by atoms with van der Waals surface area (Å²) in [6, 6.07) is 4.72. The van der Waals surface area contributed by atoms with Crippen LogP contribution in [0.5, 0.6) is 5.75 Å². The van der Waals surface area contributed by atoms with Gasteiger partial charge in [0.05, 0.1) is 13.2 Å². The third-order valence-electron chi connectivity index (χ3n) is 11.6. The van der Waals surface area contributed by atoms with Crippen molar-refractivity contribution in [3.63, 3.8) is 0 Å². The van der Waals surface area contributed by atoms with Gasteiger partial charge in [-0.25, -0.2) is 9.59 Å². The van der Waals surface area contributed by atoms with Crippen molar-refractivity contribution in [2.24, 2.45) is 40.2 Å². The molecule has 12 heteroatoms. The summed E-state index contributed by atoms with van der Waals surface area (Å²) < 4.78 is 10.9. The lowest BCUT2D eigenvalue weighted by atomic mass is 9.81. The molecule has 1 aromatic carbocycles. The highest BCUT2D eigenvalue weighted by Gasteiger charge is 2.69. The summed E-state index contributed by atoms with van der Waals surface area (Å²) in [6.07, 6.45) is 5.38. The van der Waals surface area contributed by atoms with Crippen LogP contribution in [0.4, 0.5) is 4.79 Å². The molecule has 0 aromatic heterocycles. The van der Waals surface area contributed by atoms with Crippen molar-refractivity contribution in [2.75, 3.05) is 13.7 Å². The van der Waals surface area contributed by atoms with Gasteiger partial charge < -0.3 is 30.7 Å². The van der Waals surface area contributed by atoms with Crippen LogP contribution >= 0.6 is 0 Å². The van der Waals surface area contributed by atoms with Crippen LogP contribution in [0.1, 0.15) is 98.0 Å². The average Bonchev–Trinajstić information content (AvgIpc) is 3.92. The first-order valence-electron chi connectivity index (χ1n) is 18.0. The molecule has 5 atom stereocenters.